The van der Waals surface area contributed by atoms with Crippen molar-refractivity contribution in [3.63, 3.8) is 0 Å². The zero-order valence-corrected chi connectivity index (χ0v) is 11.5. The standard InChI is InChI=1S/C15H15ClN2O2/c16-14-6-5-12(19)9-13(14)15(20)18-11-3-1-10(2-4-11)7-8-17/h1-6,9,19H,7-8,17H2,(H,18,20). The molecule has 2 aromatic carbocycles. The maximum atomic E-state index is 12.1. The minimum Gasteiger partial charge on any atom is -0.508 e. The van der Waals surface area contributed by atoms with Gasteiger partial charge in [-0.25, -0.2) is 0 Å². The molecule has 2 rings (SSSR count). The highest BCUT2D eigenvalue weighted by Crippen LogP contribution is 2.22. The highest BCUT2D eigenvalue weighted by molar-refractivity contribution is 6.34. The Balaban J connectivity index is 2.13. The Morgan fingerprint density at radius 1 is 1.20 bits per heavy atom. The number of benzene rings is 2. The summed E-state index contributed by atoms with van der Waals surface area (Å²) in [5.74, 6) is -0.365. The molecule has 0 saturated carbocycles. The van der Waals surface area contributed by atoms with Crippen molar-refractivity contribution in [2.45, 2.75) is 6.42 Å². The third-order valence-electron chi connectivity index (χ3n) is 2.84. The third-order valence-corrected chi connectivity index (χ3v) is 3.17. The van der Waals surface area contributed by atoms with Crippen LogP contribution in [0.2, 0.25) is 5.02 Å². The van der Waals surface area contributed by atoms with Crippen LogP contribution in [0.15, 0.2) is 42.5 Å². The molecule has 20 heavy (non-hydrogen) atoms. The summed E-state index contributed by atoms with van der Waals surface area (Å²) in [7, 11) is 0. The lowest BCUT2D eigenvalue weighted by Gasteiger charge is -2.08. The average Bonchev–Trinajstić information content (AvgIpc) is 2.44. The summed E-state index contributed by atoms with van der Waals surface area (Å²) in [4.78, 5) is 12.1. The fourth-order valence-electron chi connectivity index (χ4n) is 1.81. The van der Waals surface area contributed by atoms with Crippen molar-refractivity contribution in [2.24, 2.45) is 5.73 Å². The van der Waals surface area contributed by atoms with E-state index in [9.17, 15) is 9.90 Å². The predicted molar refractivity (Wildman–Crippen MR) is 80.3 cm³/mol. The Morgan fingerprint density at radius 2 is 1.90 bits per heavy atom. The Kier molecular flexibility index (Phi) is 4.61. The Bertz CT molecular complexity index is 612. The monoisotopic (exact) mass is 290 g/mol. The van der Waals surface area contributed by atoms with Crippen molar-refractivity contribution in [2.75, 3.05) is 11.9 Å². The first-order valence-corrected chi connectivity index (χ1v) is 6.57. The quantitative estimate of drug-likeness (QED) is 0.810. The lowest BCUT2D eigenvalue weighted by molar-refractivity contribution is 0.102. The van der Waals surface area contributed by atoms with Crippen LogP contribution in [0.5, 0.6) is 5.75 Å². The summed E-state index contributed by atoms with van der Waals surface area (Å²) in [5.41, 5.74) is 7.49. The van der Waals surface area contributed by atoms with Crippen LogP contribution in [0.25, 0.3) is 0 Å². The van der Waals surface area contributed by atoms with Crippen molar-refractivity contribution in [1.29, 1.82) is 0 Å². The number of rotatable bonds is 4. The molecule has 1 amide bonds. The molecule has 0 heterocycles. The van der Waals surface area contributed by atoms with Crippen LogP contribution in [-0.2, 0) is 6.42 Å². The normalized spacial score (nSPS) is 10.3. The van der Waals surface area contributed by atoms with Crippen molar-refractivity contribution < 1.29 is 9.90 Å². The summed E-state index contributed by atoms with van der Waals surface area (Å²) >= 11 is 5.94. The van der Waals surface area contributed by atoms with Crippen LogP contribution in [0.3, 0.4) is 0 Å². The molecule has 5 heteroatoms. The van der Waals surface area contributed by atoms with Crippen LogP contribution in [0.4, 0.5) is 5.69 Å². The van der Waals surface area contributed by atoms with Gasteiger partial charge >= 0.3 is 0 Å². The first-order valence-electron chi connectivity index (χ1n) is 6.19. The molecule has 0 spiro atoms. The maximum absolute atomic E-state index is 12.1. The molecule has 0 aliphatic carbocycles. The summed E-state index contributed by atoms with van der Waals surface area (Å²) < 4.78 is 0. The molecule has 0 radical (unpaired) electrons. The number of hydrogen-bond donors (Lipinski definition) is 3. The smallest absolute Gasteiger partial charge is 0.257 e. The molecular formula is C15H15ClN2O2. The molecule has 4 nitrogen and oxygen atoms in total. The number of nitrogens with one attached hydrogen (secondary N) is 1. The van der Waals surface area contributed by atoms with Gasteiger partial charge in [0.1, 0.15) is 5.75 Å². The molecule has 0 aliphatic rings. The van der Waals surface area contributed by atoms with Crippen LogP contribution in [0.1, 0.15) is 15.9 Å². The summed E-state index contributed by atoms with van der Waals surface area (Å²) in [6, 6.07) is 11.7. The Hall–Kier alpha value is -2.04. The summed E-state index contributed by atoms with van der Waals surface area (Å²) in [6.45, 7) is 0.588. The first kappa shape index (κ1) is 14.4. The van der Waals surface area contributed by atoms with Gasteiger partial charge < -0.3 is 16.2 Å². The van der Waals surface area contributed by atoms with E-state index in [4.69, 9.17) is 17.3 Å². The maximum Gasteiger partial charge on any atom is 0.257 e. The van der Waals surface area contributed by atoms with E-state index >= 15 is 0 Å². The van der Waals surface area contributed by atoms with E-state index in [2.05, 4.69) is 5.32 Å². The molecular weight excluding hydrogens is 276 g/mol. The van der Waals surface area contributed by atoms with Crippen LogP contribution < -0.4 is 11.1 Å². The highest BCUT2D eigenvalue weighted by Gasteiger charge is 2.11. The number of carbonyl (C=O) groups excluding carboxylic acids is 1. The molecule has 4 N–H and O–H groups in total. The van der Waals surface area contributed by atoms with Gasteiger partial charge in [0.25, 0.3) is 5.91 Å². The van der Waals surface area contributed by atoms with Gasteiger partial charge in [-0.3, -0.25) is 4.79 Å². The zero-order chi connectivity index (χ0) is 14.5. The molecule has 0 atom stereocenters. The topological polar surface area (TPSA) is 75.3 Å². The minimum absolute atomic E-state index is 0.00200. The van der Waals surface area contributed by atoms with E-state index in [1.165, 1.54) is 18.2 Å². The number of halogens is 1. The van der Waals surface area contributed by atoms with E-state index in [1.54, 1.807) is 12.1 Å². The Labute approximate surface area is 122 Å². The lowest BCUT2D eigenvalue weighted by Crippen LogP contribution is -2.12. The fourth-order valence-corrected chi connectivity index (χ4v) is 2.01. The Morgan fingerprint density at radius 3 is 2.55 bits per heavy atom. The first-order chi connectivity index (χ1) is 9.60. The second-order valence-electron chi connectivity index (χ2n) is 4.35. The summed E-state index contributed by atoms with van der Waals surface area (Å²) in [6.07, 6.45) is 0.798. The summed E-state index contributed by atoms with van der Waals surface area (Å²) in [5, 5.41) is 12.4. The van der Waals surface area contributed by atoms with Crippen LogP contribution in [-0.4, -0.2) is 17.6 Å². The molecule has 0 aliphatic heterocycles. The number of hydrogen-bond acceptors (Lipinski definition) is 3. The molecule has 0 unspecified atom stereocenters. The van der Waals surface area contributed by atoms with Crippen LogP contribution in [0, 0.1) is 0 Å². The SMILES string of the molecule is NCCc1ccc(NC(=O)c2cc(O)ccc2Cl)cc1. The molecule has 0 fully saturated rings. The molecule has 0 aromatic heterocycles. The van der Waals surface area contributed by atoms with Crippen molar-refractivity contribution >= 4 is 23.2 Å². The highest BCUT2D eigenvalue weighted by atomic mass is 35.5. The van der Waals surface area contributed by atoms with Gasteiger partial charge in [0, 0.05) is 5.69 Å². The lowest BCUT2D eigenvalue weighted by atomic mass is 10.1. The van der Waals surface area contributed by atoms with Gasteiger partial charge in [-0.15, -0.1) is 0 Å². The van der Waals surface area contributed by atoms with Gasteiger partial charge in [0.15, 0.2) is 0 Å². The number of aromatic hydroxyl groups is 1. The molecule has 2 aromatic rings. The number of amides is 1. The van der Waals surface area contributed by atoms with Crippen molar-refractivity contribution in [3.8, 4) is 5.75 Å². The number of carbonyl (C=O) groups is 1. The number of nitrogens with two attached hydrogens (primary N) is 1. The van der Waals surface area contributed by atoms with E-state index in [0.717, 1.165) is 12.0 Å². The van der Waals surface area contributed by atoms with Gasteiger partial charge in [-0.1, -0.05) is 23.7 Å². The van der Waals surface area contributed by atoms with Gasteiger partial charge in [0.05, 0.1) is 10.6 Å². The van der Waals surface area contributed by atoms with Crippen LogP contribution >= 0.6 is 11.6 Å². The second kappa shape index (κ2) is 6.41. The van der Waals surface area contributed by atoms with Gasteiger partial charge in [-0.05, 0) is 48.9 Å². The minimum atomic E-state index is -0.363. The number of anilines is 1. The van der Waals surface area contributed by atoms with Crippen molar-refractivity contribution in [3.05, 3.63) is 58.6 Å². The zero-order valence-electron chi connectivity index (χ0n) is 10.8. The van der Waals surface area contributed by atoms with Gasteiger partial charge in [-0.2, -0.15) is 0 Å². The molecule has 0 saturated heterocycles. The van der Waals surface area contributed by atoms with E-state index in [1.807, 2.05) is 12.1 Å². The van der Waals surface area contributed by atoms with E-state index < -0.39 is 0 Å². The molecule has 0 bridgehead atoms. The van der Waals surface area contributed by atoms with E-state index in [-0.39, 0.29) is 17.2 Å². The third kappa shape index (κ3) is 3.50. The van der Waals surface area contributed by atoms with Gasteiger partial charge in [0.2, 0.25) is 0 Å². The number of phenols is 1. The molecule has 104 valence electrons. The second-order valence-corrected chi connectivity index (χ2v) is 4.76. The predicted octanol–water partition coefficient (Wildman–Crippen LogP) is 2.80. The fraction of sp³-hybridized carbons (Fsp3) is 0.133. The number of phenolic OH excluding ortho intramolecular Hbond substituents is 1. The van der Waals surface area contributed by atoms with E-state index in [0.29, 0.717) is 17.3 Å². The largest absolute Gasteiger partial charge is 0.508 e. The average molecular weight is 291 g/mol. The van der Waals surface area contributed by atoms with Crippen molar-refractivity contribution in [1.82, 2.24) is 0 Å².